The number of nitrogens with zero attached hydrogens (tertiary/aromatic N) is 3. The van der Waals surface area contributed by atoms with E-state index in [0.717, 1.165) is 11.9 Å². The van der Waals surface area contributed by atoms with Crippen molar-refractivity contribution in [1.82, 2.24) is 15.0 Å². The Morgan fingerprint density at radius 2 is 2.33 bits per heavy atom. The lowest BCUT2D eigenvalue weighted by Gasteiger charge is -2.14. The molecular weight excluding hydrogens is 234 g/mol. The molecule has 0 spiro atoms. The fourth-order valence-corrected chi connectivity index (χ4v) is 1.89. The first kappa shape index (κ1) is 12.5. The Balaban J connectivity index is 2.50. The average molecular weight is 249 g/mol. The first-order valence-electron chi connectivity index (χ1n) is 5.74. The van der Waals surface area contributed by atoms with Crippen LogP contribution in [0.3, 0.4) is 0 Å². The van der Waals surface area contributed by atoms with Crippen molar-refractivity contribution in [2.24, 2.45) is 0 Å². The summed E-state index contributed by atoms with van der Waals surface area (Å²) >= 11 is 0. The number of rotatable bonds is 5. The third-order valence-electron chi connectivity index (χ3n) is 2.89. The van der Waals surface area contributed by atoms with E-state index in [2.05, 4.69) is 10.3 Å². The maximum Gasteiger partial charge on any atom is 0.335 e. The van der Waals surface area contributed by atoms with E-state index in [1.165, 1.54) is 6.07 Å². The summed E-state index contributed by atoms with van der Waals surface area (Å²) in [7, 11) is 1.63. The summed E-state index contributed by atoms with van der Waals surface area (Å²) in [5.74, 6) is -0.954. The lowest BCUT2D eigenvalue weighted by Crippen LogP contribution is -2.15. The van der Waals surface area contributed by atoms with Gasteiger partial charge in [-0.3, -0.25) is 0 Å². The summed E-state index contributed by atoms with van der Waals surface area (Å²) in [5.41, 5.74) is 1.65. The minimum absolute atomic E-state index is 0.0593. The molecule has 1 N–H and O–H groups in total. The molecule has 1 unspecified atom stereocenters. The first-order chi connectivity index (χ1) is 8.67. The van der Waals surface area contributed by atoms with Gasteiger partial charge < -0.3 is 9.84 Å². The second-order valence-electron chi connectivity index (χ2n) is 4.06. The van der Waals surface area contributed by atoms with E-state index in [1.807, 2.05) is 6.92 Å². The standard InChI is InChI=1S/C12H15N3O3/c1-3-9(7-18-2)15-11-6-8(12(16)17)4-5-10(11)13-14-15/h4-6,9H,3,7H2,1-2H3,(H,16,17). The first-order valence-corrected chi connectivity index (χ1v) is 5.74. The van der Waals surface area contributed by atoms with E-state index in [9.17, 15) is 4.79 Å². The second kappa shape index (κ2) is 5.14. The SMILES string of the molecule is CCC(COC)n1nnc2ccc(C(=O)O)cc21. The van der Waals surface area contributed by atoms with Crippen LogP contribution in [0.1, 0.15) is 29.7 Å². The highest BCUT2D eigenvalue weighted by atomic mass is 16.5. The van der Waals surface area contributed by atoms with Gasteiger partial charge in [0.05, 0.1) is 23.7 Å². The summed E-state index contributed by atoms with van der Waals surface area (Å²) in [6.07, 6.45) is 0.837. The van der Waals surface area contributed by atoms with Gasteiger partial charge in [0.15, 0.2) is 0 Å². The van der Waals surface area contributed by atoms with Gasteiger partial charge in [0.1, 0.15) is 5.52 Å². The van der Waals surface area contributed by atoms with Crippen LogP contribution in [0.15, 0.2) is 18.2 Å². The van der Waals surface area contributed by atoms with Gasteiger partial charge in [-0.1, -0.05) is 12.1 Å². The Hall–Kier alpha value is -1.95. The van der Waals surface area contributed by atoms with Crippen molar-refractivity contribution in [2.75, 3.05) is 13.7 Å². The molecule has 1 aromatic carbocycles. The summed E-state index contributed by atoms with van der Waals surface area (Å²) in [5, 5.41) is 17.1. The molecule has 18 heavy (non-hydrogen) atoms. The number of carboxylic acid groups (broad SMARTS) is 1. The van der Waals surface area contributed by atoms with Crippen LogP contribution in [0.2, 0.25) is 0 Å². The second-order valence-corrected chi connectivity index (χ2v) is 4.06. The number of methoxy groups -OCH3 is 1. The van der Waals surface area contributed by atoms with Crippen molar-refractivity contribution >= 4 is 17.0 Å². The Morgan fingerprint density at radius 3 is 2.94 bits per heavy atom. The van der Waals surface area contributed by atoms with Gasteiger partial charge in [-0.25, -0.2) is 9.48 Å². The number of carbonyl (C=O) groups is 1. The van der Waals surface area contributed by atoms with Crippen molar-refractivity contribution in [3.05, 3.63) is 23.8 Å². The van der Waals surface area contributed by atoms with Crippen molar-refractivity contribution < 1.29 is 14.6 Å². The van der Waals surface area contributed by atoms with Crippen molar-refractivity contribution in [2.45, 2.75) is 19.4 Å². The van der Waals surface area contributed by atoms with Gasteiger partial charge in [0.2, 0.25) is 0 Å². The van der Waals surface area contributed by atoms with Crippen LogP contribution in [0.5, 0.6) is 0 Å². The molecule has 0 saturated carbocycles. The van der Waals surface area contributed by atoms with E-state index >= 15 is 0 Å². The molecule has 2 aromatic rings. The number of carboxylic acids is 1. The third-order valence-corrected chi connectivity index (χ3v) is 2.89. The van der Waals surface area contributed by atoms with Crippen LogP contribution in [-0.2, 0) is 4.74 Å². The lowest BCUT2D eigenvalue weighted by molar-refractivity contribution is 0.0697. The molecule has 0 amide bonds. The molecule has 1 atom stereocenters. The van der Waals surface area contributed by atoms with E-state index in [1.54, 1.807) is 23.9 Å². The Bertz CT molecular complexity index is 565. The Morgan fingerprint density at radius 1 is 1.56 bits per heavy atom. The van der Waals surface area contributed by atoms with E-state index in [4.69, 9.17) is 9.84 Å². The predicted molar refractivity (Wildman–Crippen MR) is 65.7 cm³/mol. The zero-order valence-electron chi connectivity index (χ0n) is 10.3. The molecule has 0 radical (unpaired) electrons. The van der Waals surface area contributed by atoms with Crippen molar-refractivity contribution in [1.29, 1.82) is 0 Å². The minimum atomic E-state index is -0.954. The molecular formula is C12H15N3O3. The summed E-state index contributed by atoms with van der Waals surface area (Å²) in [4.78, 5) is 11.0. The predicted octanol–water partition coefficient (Wildman–Crippen LogP) is 1.73. The number of benzene rings is 1. The van der Waals surface area contributed by atoms with Crippen LogP contribution < -0.4 is 0 Å². The highest BCUT2D eigenvalue weighted by molar-refractivity contribution is 5.92. The van der Waals surface area contributed by atoms with Gasteiger partial charge in [-0.05, 0) is 24.6 Å². The number of hydrogen-bond donors (Lipinski definition) is 1. The van der Waals surface area contributed by atoms with Crippen LogP contribution >= 0.6 is 0 Å². The number of aromatic carboxylic acids is 1. The number of hydrogen-bond acceptors (Lipinski definition) is 4. The number of ether oxygens (including phenoxy) is 1. The van der Waals surface area contributed by atoms with Gasteiger partial charge >= 0.3 is 5.97 Å². The molecule has 0 aliphatic carbocycles. The van der Waals surface area contributed by atoms with Crippen LogP contribution in [0.25, 0.3) is 11.0 Å². The molecule has 6 nitrogen and oxygen atoms in total. The van der Waals surface area contributed by atoms with Gasteiger partial charge in [-0.2, -0.15) is 0 Å². The molecule has 1 aromatic heterocycles. The monoisotopic (exact) mass is 249 g/mol. The topological polar surface area (TPSA) is 77.2 Å². The van der Waals surface area contributed by atoms with Gasteiger partial charge in [-0.15, -0.1) is 5.10 Å². The fraction of sp³-hybridized carbons (Fsp3) is 0.417. The van der Waals surface area contributed by atoms with Crippen LogP contribution in [0.4, 0.5) is 0 Å². The van der Waals surface area contributed by atoms with E-state index < -0.39 is 5.97 Å². The van der Waals surface area contributed by atoms with Crippen molar-refractivity contribution in [3.63, 3.8) is 0 Å². The Labute approximate surface area is 104 Å². The summed E-state index contributed by atoms with van der Waals surface area (Å²) in [6.45, 7) is 2.55. The molecule has 0 aliphatic rings. The quantitative estimate of drug-likeness (QED) is 0.873. The molecule has 2 rings (SSSR count). The molecule has 0 bridgehead atoms. The largest absolute Gasteiger partial charge is 0.478 e. The molecule has 0 saturated heterocycles. The Kier molecular flexibility index (Phi) is 3.57. The van der Waals surface area contributed by atoms with Gasteiger partial charge in [0.25, 0.3) is 0 Å². The average Bonchev–Trinajstić information content (AvgIpc) is 2.78. The third kappa shape index (κ3) is 2.19. The highest BCUT2D eigenvalue weighted by Crippen LogP contribution is 2.19. The fourth-order valence-electron chi connectivity index (χ4n) is 1.89. The van der Waals surface area contributed by atoms with Gasteiger partial charge in [0, 0.05) is 7.11 Å². The van der Waals surface area contributed by atoms with E-state index in [-0.39, 0.29) is 11.6 Å². The zero-order chi connectivity index (χ0) is 13.1. The van der Waals surface area contributed by atoms with E-state index in [0.29, 0.717) is 12.1 Å². The minimum Gasteiger partial charge on any atom is -0.478 e. The molecule has 0 fully saturated rings. The lowest BCUT2D eigenvalue weighted by atomic mass is 10.2. The molecule has 0 aliphatic heterocycles. The number of aromatic nitrogens is 3. The summed E-state index contributed by atoms with van der Waals surface area (Å²) in [6, 6.07) is 4.85. The van der Waals surface area contributed by atoms with Crippen LogP contribution in [0, 0.1) is 0 Å². The number of fused-ring (bicyclic) bond motifs is 1. The molecule has 96 valence electrons. The zero-order valence-corrected chi connectivity index (χ0v) is 10.3. The summed E-state index contributed by atoms with van der Waals surface area (Å²) < 4.78 is 6.87. The maximum absolute atomic E-state index is 11.0. The molecule has 6 heteroatoms. The maximum atomic E-state index is 11.0. The molecule has 1 heterocycles. The van der Waals surface area contributed by atoms with Crippen LogP contribution in [-0.4, -0.2) is 39.8 Å². The normalized spacial score (nSPS) is 12.8. The smallest absolute Gasteiger partial charge is 0.335 e. The highest BCUT2D eigenvalue weighted by Gasteiger charge is 2.15. The van der Waals surface area contributed by atoms with Crippen molar-refractivity contribution in [3.8, 4) is 0 Å².